The number of ether oxygens (including phenoxy) is 2. The minimum atomic E-state index is 0.219. The van der Waals surface area contributed by atoms with Gasteiger partial charge in [-0.2, -0.15) is 0 Å². The summed E-state index contributed by atoms with van der Waals surface area (Å²) in [7, 11) is 0. The molecule has 2 aliphatic heterocycles. The van der Waals surface area contributed by atoms with Crippen molar-refractivity contribution in [3.8, 4) is 11.3 Å². The van der Waals surface area contributed by atoms with Crippen LogP contribution in [0.5, 0.6) is 0 Å². The molecule has 2 fully saturated rings. The van der Waals surface area contributed by atoms with Gasteiger partial charge in [0, 0.05) is 37.1 Å². The Morgan fingerprint density at radius 1 is 1.07 bits per heavy atom. The predicted molar refractivity (Wildman–Crippen MR) is 114 cm³/mol. The summed E-state index contributed by atoms with van der Waals surface area (Å²) in [6.45, 7) is 4.71. The van der Waals surface area contributed by atoms with Gasteiger partial charge in [-0.3, -0.25) is 4.57 Å². The zero-order chi connectivity index (χ0) is 20.2. The molecule has 1 unspecified atom stereocenters. The van der Waals surface area contributed by atoms with Crippen LogP contribution in [-0.4, -0.2) is 58.9 Å². The average Bonchev–Trinajstić information content (AvgIpc) is 3.56. The molecule has 5 rings (SSSR count). The molecule has 2 aliphatic rings. The third-order valence-electron chi connectivity index (χ3n) is 5.37. The number of benzene rings is 1. The highest BCUT2D eigenvalue weighted by atomic mass is 32.2. The summed E-state index contributed by atoms with van der Waals surface area (Å²) in [6, 6.07) is 12.0. The van der Waals surface area contributed by atoms with Crippen molar-refractivity contribution in [2.45, 2.75) is 36.4 Å². The van der Waals surface area contributed by atoms with Crippen LogP contribution < -0.4 is 4.90 Å². The third-order valence-corrected chi connectivity index (χ3v) is 6.37. The fourth-order valence-corrected chi connectivity index (χ4v) is 4.62. The topological polar surface area (TPSA) is 78.4 Å². The molecule has 8 nitrogen and oxygen atoms in total. The van der Waals surface area contributed by atoms with Gasteiger partial charge in [-0.05, 0) is 12.8 Å². The normalized spacial score (nSPS) is 19.5. The first-order valence-corrected chi connectivity index (χ1v) is 11.4. The number of hydrogen-bond acceptors (Lipinski definition) is 8. The van der Waals surface area contributed by atoms with Crippen LogP contribution in [0.2, 0.25) is 0 Å². The second-order valence-corrected chi connectivity index (χ2v) is 8.41. The first-order chi connectivity index (χ1) is 14.9. The molecule has 0 radical (unpaired) electrons. The number of rotatable bonds is 7. The molecule has 0 N–H and O–H groups in total. The highest BCUT2D eigenvalue weighted by molar-refractivity contribution is 7.98. The first-order valence-electron chi connectivity index (χ1n) is 10.4. The summed E-state index contributed by atoms with van der Waals surface area (Å²) in [5.41, 5.74) is 1.91. The van der Waals surface area contributed by atoms with E-state index in [1.807, 2.05) is 36.4 Å². The standard InChI is InChI=1S/C21H25N5O3S/c1-2-5-16(6-3-1)19-13-17(24-29-19)15-30-21-23-22-20(25-8-11-27-12-9-25)26(21)14-18-7-4-10-28-18/h1-3,5-6,13,18H,4,7-12,14-15H2. The van der Waals surface area contributed by atoms with E-state index in [0.29, 0.717) is 5.75 Å². The molecule has 0 amide bonds. The lowest BCUT2D eigenvalue weighted by Crippen LogP contribution is -2.38. The average molecular weight is 428 g/mol. The van der Waals surface area contributed by atoms with E-state index < -0.39 is 0 Å². The Bertz CT molecular complexity index is 949. The monoisotopic (exact) mass is 427 g/mol. The second-order valence-electron chi connectivity index (χ2n) is 7.46. The number of thioether (sulfide) groups is 1. The maximum Gasteiger partial charge on any atom is 0.228 e. The Hall–Kier alpha value is -2.36. The van der Waals surface area contributed by atoms with Crippen molar-refractivity contribution in [2.24, 2.45) is 0 Å². The van der Waals surface area contributed by atoms with Crippen molar-refractivity contribution in [3.05, 3.63) is 42.1 Å². The van der Waals surface area contributed by atoms with Gasteiger partial charge in [0.05, 0.1) is 31.6 Å². The molecule has 1 aromatic carbocycles. The summed E-state index contributed by atoms with van der Waals surface area (Å²) >= 11 is 1.63. The third kappa shape index (κ3) is 4.38. The van der Waals surface area contributed by atoms with Crippen LogP contribution in [0.25, 0.3) is 11.3 Å². The molecule has 30 heavy (non-hydrogen) atoms. The van der Waals surface area contributed by atoms with E-state index in [0.717, 1.165) is 80.4 Å². The van der Waals surface area contributed by atoms with Crippen molar-refractivity contribution in [1.29, 1.82) is 0 Å². The van der Waals surface area contributed by atoms with E-state index in [4.69, 9.17) is 14.0 Å². The highest BCUT2D eigenvalue weighted by Gasteiger charge is 2.25. The van der Waals surface area contributed by atoms with Gasteiger partial charge < -0.3 is 18.9 Å². The van der Waals surface area contributed by atoms with Crippen LogP contribution in [0, 0.1) is 0 Å². The molecular weight excluding hydrogens is 402 g/mol. The van der Waals surface area contributed by atoms with Gasteiger partial charge in [0.25, 0.3) is 0 Å². The molecule has 0 spiro atoms. The second kappa shape index (κ2) is 9.20. The van der Waals surface area contributed by atoms with Crippen molar-refractivity contribution in [1.82, 2.24) is 19.9 Å². The first kappa shape index (κ1) is 19.6. The fourth-order valence-electron chi connectivity index (χ4n) is 3.79. The molecule has 1 atom stereocenters. The SMILES string of the molecule is c1ccc(-c2cc(CSc3nnc(N4CCOCC4)n3CC3CCCO3)no2)cc1. The molecule has 0 saturated carbocycles. The molecule has 9 heteroatoms. The van der Waals surface area contributed by atoms with Crippen LogP contribution in [0.15, 0.2) is 46.1 Å². The Balaban J connectivity index is 1.32. The minimum Gasteiger partial charge on any atom is -0.378 e. The Morgan fingerprint density at radius 2 is 1.93 bits per heavy atom. The Kier molecular flexibility index (Phi) is 6.01. The molecule has 0 aliphatic carbocycles. The summed E-state index contributed by atoms with van der Waals surface area (Å²) < 4.78 is 19.1. The zero-order valence-electron chi connectivity index (χ0n) is 16.8. The van der Waals surface area contributed by atoms with E-state index in [1.165, 1.54) is 0 Å². The number of hydrogen-bond donors (Lipinski definition) is 0. The number of anilines is 1. The van der Waals surface area contributed by atoms with Gasteiger partial charge in [0.1, 0.15) is 0 Å². The van der Waals surface area contributed by atoms with Crippen molar-refractivity contribution in [3.63, 3.8) is 0 Å². The molecule has 2 aromatic heterocycles. The van der Waals surface area contributed by atoms with Gasteiger partial charge in [-0.15, -0.1) is 10.2 Å². The Morgan fingerprint density at radius 3 is 2.73 bits per heavy atom. The van der Waals surface area contributed by atoms with Gasteiger partial charge in [-0.1, -0.05) is 47.3 Å². The Labute approximate surface area is 179 Å². The van der Waals surface area contributed by atoms with Crippen molar-refractivity contribution in [2.75, 3.05) is 37.8 Å². The molecule has 2 saturated heterocycles. The molecule has 4 heterocycles. The van der Waals surface area contributed by atoms with Gasteiger partial charge in [0.2, 0.25) is 5.95 Å². The van der Waals surface area contributed by atoms with Crippen molar-refractivity contribution < 1.29 is 14.0 Å². The minimum absolute atomic E-state index is 0.219. The highest BCUT2D eigenvalue weighted by Crippen LogP contribution is 2.29. The quantitative estimate of drug-likeness (QED) is 0.532. The van der Waals surface area contributed by atoms with E-state index in [1.54, 1.807) is 11.8 Å². The van der Waals surface area contributed by atoms with Crippen LogP contribution in [0.4, 0.5) is 5.95 Å². The molecule has 3 aromatic rings. The van der Waals surface area contributed by atoms with E-state index >= 15 is 0 Å². The van der Waals surface area contributed by atoms with Crippen molar-refractivity contribution >= 4 is 17.7 Å². The van der Waals surface area contributed by atoms with E-state index in [-0.39, 0.29) is 6.10 Å². The largest absolute Gasteiger partial charge is 0.378 e. The zero-order valence-corrected chi connectivity index (χ0v) is 17.6. The maximum atomic E-state index is 5.88. The number of morpholine rings is 1. The lowest BCUT2D eigenvalue weighted by atomic mass is 10.2. The van der Waals surface area contributed by atoms with Gasteiger partial charge in [0.15, 0.2) is 10.9 Å². The maximum absolute atomic E-state index is 5.88. The van der Waals surface area contributed by atoms with Crippen LogP contribution in [0.1, 0.15) is 18.5 Å². The number of aromatic nitrogens is 4. The van der Waals surface area contributed by atoms with Gasteiger partial charge >= 0.3 is 0 Å². The number of nitrogens with zero attached hydrogens (tertiary/aromatic N) is 5. The molecule has 158 valence electrons. The smallest absolute Gasteiger partial charge is 0.228 e. The lowest BCUT2D eigenvalue weighted by Gasteiger charge is -2.28. The summed E-state index contributed by atoms with van der Waals surface area (Å²) in [5, 5.41) is 14.1. The van der Waals surface area contributed by atoms with E-state index in [2.05, 4.69) is 24.8 Å². The molecule has 0 bridgehead atoms. The van der Waals surface area contributed by atoms with E-state index in [9.17, 15) is 0 Å². The summed E-state index contributed by atoms with van der Waals surface area (Å²) in [4.78, 5) is 2.25. The fraction of sp³-hybridized carbons (Fsp3) is 0.476. The van der Waals surface area contributed by atoms with Crippen LogP contribution in [-0.2, 0) is 21.8 Å². The van der Waals surface area contributed by atoms with Crippen LogP contribution in [0.3, 0.4) is 0 Å². The predicted octanol–water partition coefficient (Wildman–Crippen LogP) is 3.24. The van der Waals surface area contributed by atoms with Crippen LogP contribution >= 0.6 is 11.8 Å². The summed E-state index contributed by atoms with van der Waals surface area (Å²) in [6.07, 6.45) is 2.41. The molecular formula is C21H25N5O3S. The van der Waals surface area contributed by atoms with Gasteiger partial charge in [-0.25, -0.2) is 0 Å². The lowest BCUT2D eigenvalue weighted by molar-refractivity contribution is 0.0942. The summed E-state index contributed by atoms with van der Waals surface area (Å²) in [5.74, 6) is 2.35.